The van der Waals surface area contributed by atoms with Gasteiger partial charge in [0.05, 0.1) is 6.04 Å². The Morgan fingerprint density at radius 3 is 2.29 bits per heavy atom. The predicted molar refractivity (Wildman–Crippen MR) is 92.2 cm³/mol. The van der Waals surface area contributed by atoms with E-state index in [1.807, 2.05) is 0 Å². The lowest BCUT2D eigenvalue weighted by molar-refractivity contribution is -0.318. The van der Waals surface area contributed by atoms with E-state index in [-0.39, 0.29) is 19.5 Å². The van der Waals surface area contributed by atoms with Crippen LogP contribution in [0.3, 0.4) is 0 Å². The maximum atomic E-state index is 11.8. The molecule has 13 N–H and O–H groups in total. The van der Waals surface area contributed by atoms with E-state index in [0.29, 0.717) is 0 Å². The average Bonchev–Trinajstić information content (AvgIpc) is 2.68. The Morgan fingerprint density at radius 1 is 1.07 bits per heavy atom. The highest BCUT2D eigenvalue weighted by Crippen LogP contribution is 2.28. The number of nitrogens with two attached hydrogens (primary N) is 3. The van der Waals surface area contributed by atoms with Gasteiger partial charge in [-0.1, -0.05) is 0 Å². The van der Waals surface area contributed by atoms with Gasteiger partial charge >= 0.3 is 0 Å². The van der Waals surface area contributed by atoms with E-state index < -0.39 is 73.1 Å². The standard InChI is InChI=1S/C15H30N4O9/c16-2-6(20)14(26)19-5-1-4(18)13(11(24)8(5)21)28-15-12(25)10(23)9(22)7(3-17)27-15/h4-13,15,20-25H,1-3,16-18H2,(H,19,26)/t4-,5-,6?,7+,8-,9+,10-,11+,12+,13-,15+/m0/s1. The fraction of sp³-hybridized carbons (Fsp3) is 0.933. The van der Waals surface area contributed by atoms with Gasteiger partial charge in [0.15, 0.2) is 6.29 Å². The third kappa shape index (κ3) is 4.77. The number of hydrogen-bond acceptors (Lipinski definition) is 12. The summed E-state index contributed by atoms with van der Waals surface area (Å²) in [5.74, 6) is -0.820. The van der Waals surface area contributed by atoms with E-state index in [1.165, 1.54) is 0 Å². The summed E-state index contributed by atoms with van der Waals surface area (Å²) in [7, 11) is 0. The van der Waals surface area contributed by atoms with E-state index in [0.717, 1.165) is 0 Å². The minimum Gasteiger partial charge on any atom is -0.388 e. The van der Waals surface area contributed by atoms with Crippen LogP contribution in [0.5, 0.6) is 0 Å². The third-order valence-electron chi connectivity index (χ3n) is 5.09. The van der Waals surface area contributed by atoms with Crippen LogP contribution < -0.4 is 22.5 Å². The molecule has 1 aliphatic heterocycles. The zero-order valence-electron chi connectivity index (χ0n) is 15.1. The van der Waals surface area contributed by atoms with Crippen LogP contribution in [0.4, 0.5) is 0 Å². The quantitative estimate of drug-likeness (QED) is 0.196. The highest BCUT2D eigenvalue weighted by molar-refractivity contribution is 5.81. The molecule has 2 aliphatic rings. The molecule has 0 aromatic carbocycles. The van der Waals surface area contributed by atoms with Gasteiger partial charge in [0.25, 0.3) is 0 Å². The van der Waals surface area contributed by atoms with Gasteiger partial charge < -0.3 is 62.6 Å². The molecule has 0 aromatic heterocycles. The summed E-state index contributed by atoms with van der Waals surface area (Å²) >= 11 is 0. The normalized spacial score (nSPS) is 45.5. The van der Waals surface area contributed by atoms with Crippen molar-refractivity contribution in [1.82, 2.24) is 5.32 Å². The van der Waals surface area contributed by atoms with Gasteiger partial charge in [-0.25, -0.2) is 0 Å². The molecule has 1 amide bonds. The average molecular weight is 410 g/mol. The Kier molecular flexibility index (Phi) is 8.06. The summed E-state index contributed by atoms with van der Waals surface area (Å²) in [6.07, 6.45) is -13.0. The monoisotopic (exact) mass is 410 g/mol. The van der Waals surface area contributed by atoms with Gasteiger partial charge in [0.1, 0.15) is 48.8 Å². The molecule has 13 nitrogen and oxygen atoms in total. The Bertz CT molecular complexity index is 528. The van der Waals surface area contributed by atoms with Crippen molar-refractivity contribution in [2.45, 2.75) is 73.6 Å². The van der Waals surface area contributed by atoms with Gasteiger partial charge in [-0.2, -0.15) is 0 Å². The van der Waals surface area contributed by atoms with Gasteiger partial charge in [-0.05, 0) is 6.42 Å². The van der Waals surface area contributed by atoms with Crippen LogP contribution in [0.25, 0.3) is 0 Å². The molecule has 0 aromatic rings. The van der Waals surface area contributed by atoms with Crippen LogP contribution in [-0.2, 0) is 14.3 Å². The summed E-state index contributed by atoms with van der Waals surface area (Å²) in [6, 6.07) is -1.88. The maximum absolute atomic E-state index is 11.8. The second-order valence-electron chi connectivity index (χ2n) is 7.10. The fourth-order valence-electron chi connectivity index (χ4n) is 3.34. The molecule has 2 rings (SSSR count). The van der Waals surface area contributed by atoms with Crippen LogP contribution in [0.15, 0.2) is 0 Å². The Hall–Kier alpha value is -0.970. The number of carbonyl (C=O) groups is 1. The molecule has 1 heterocycles. The minimum absolute atomic E-state index is 0.0275. The van der Waals surface area contributed by atoms with Crippen LogP contribution in [0, 0.1) is 0 Å². The highest BCUT2D eigenvalue weighted by atomic mass is 16.7. The van der Waals surface area contributed by atoms with Crippen LogP contribution in [-0.4, -0.2) is 117 Å². The predicted octanol–water partition coefficient (Wildman–Crippen LogP) is -6.60. The summed E-state index contributed by atoms with van der Waals surface area (Å²) in [6.45, 7) is -0.479. The zero-order valence-corrected chi connectivity index (χ0v) is 15.1. The van der Waals surface area contributed by atoms with Gasteiger partial charge in [-0.3, -0.25) is 4.79 Å². The summed E-state index contributed by atoms with van der Waals surface area (Å²) in [4.78, 5) is 11.8. The maximum Gasteiger partial charge on any atom is 0.250 e. The third-order valence-corrected chi connectivity index (χ3v) is 5.09. The molecule has 1 saturated carbocycles. The lowest BCUT2D eigenvalue weighted by Crippen LogP contribution is -2.67. The second kappa shape index (κ2) is 9.69. The molecule has 0 radical (unpaired) electrons. The van der Waals surface area contributed by atoms with E-state index >= 15 is 0 Å². The van der Waals surface area contributed by atoms with E-state index in [1.54, 1.807) is 0 Å². The Balaban J connectivity index is 2.04. The van der Waals surface area contributed by atoms with Crippen molar-refractivity contribution in [3.05, 3.63) is 0 Å². The molecular formula is C15H30N4O9. The van der Waals surface area contributed by atoms with Crippen molar-refractivity contribution < 1.29 is 44.9 Å². The molecule has 0 bridgehead atoms. The van der Waals surface area contributed by atoms with E-state index in [4.69, 9.17) is 26.7 Å². The minimum atomic E-state index is -1.65. The fourth-order valence-corrected chi connectivity index (χ4v) is 3.34. The first-order valence-corrected chi connectivity index (χ1v) is 8.97. The van der Waals surface area contributed by atoms with Gasteiger partial charge in [0.2, 0.25) is 5.91 Å². The topological polar surface area (TPSA) is 247 Å². The van der Waals surface area contributed by atoms with Crippen LogP contribution >= 0.6 is 0 Å². The molecule has 11 atom stereocenters. The van der Waals surface area contributed by atoms with Crippen molar-refractivity contribution in [2.24, 2.45) is 17.2 Å². The number of aliphatic hydroxyl groups is 6. The summed E-state index contributed by atoms with van der Waals surface area (Å²) < 4.78 is 10.8. The Labute approximate surface area is 161 Å². The van der Waals surface area contributed by atoms with Crippen molar-refractivity contribution in [3.63, 3.8) is 0 Å². The molecule has 1 aliphatic carbocycles. The zero-order chi connectivity index (χ0) is 21.2. The van der Waals surface area contributed by atoms with Crippen molar-refractivity contribution in [2.75, 3.05) is 13.1 Å². The van der Waals surface area contributed by atoms with Crippen molar-refractivity contribution in [1.29, 1.82) is 0 Å². The number of hydrogen-bond donors (Lipinski definition) is 10. The molecule has 28 heavy (non-hydrogen) atoms. The number of nitrogens with one attached hydrogen (secondary N) is 1. The summed E-state index contributed by atoms with van der Waals surface area (Å²) in [5.41, 5.74) is 16.6. The first-order chi connectivity index (χ1) is 13.1. The first kappa shape index (κ1) is 23.3. The molecule has 1 saturated heterocycles. The molecular weight excluding hydrogens is 380 g/mol. The first-order valence-electron chi connectivity index (χ1n) is 8.97. The number of carbonyl (C=O) groups excluding carboxylic acids is 1. The molecule has 1 unspecified atom stereocenters. The number of rotatable bonds is 6. The van der Waals surface area contributed by atoms with Gasteiger partial charge in [-0.15, -0.1) is 0 Å². The number of amides is 1. The molecule has 13 heteroatoms. The van der Waals surface area contributed by atoms with Crippen molar-refractivity contribution >= 4 is 5.91 Å². The smallest absolute Gasteiger partial charge is 0.250 e. The Morgan fingerprint density at radius 2 is 1.71 bits per heavy atom. The van der Waals surface area contributed by atoms with Crippen LogP contribution in [0.1, 0.15) is 6.42 Å². The molecule has 164 valence electrons. The van der Waals surface area contributed by atoms with E-state index in [2.05, 4.69) is 5.32 Å². The lowest BCUT2D eigenvalue weighted by atomic mass is 9.84. The largest absolute Gasteiger partial charge is 0.388 e. The summed E-state index contributed by atoms with van der Waals surface area (Å²) in [5, 5.41) is 62.2. The second-order valence-corrected chi connectivity index (χ2v) is 7.10. The number of ether oxygens (including phenoxy) is 2. The van der Waals surface area contributed by atoms with Gasteiger partial charge in [0, 0.05) is 19.1 Å². The lowest BCUT2D eigenvalue weighted by Gasteiger charge is -2.46. The SMILES string of the molecule is NCC(O)C(=O)N[C@H]1C[C@H](N)[C@H](O[C@H]2O[C@H](CN)[C@@H](O)[C@H](O)[C@H]2O)[C@H](O)[C@H]1O. The highest BCUT2D eigenvalue weighted by Gasteiger charge is 2.49. The van der Waals surface area contributed by atoms with Crippen molar-refractivity contribution in [3.8, 4) is 0 Å². The molecule has 0 spiro atoms. The van der Waals surface area contributed by atoms with Crippen LogP contribution in [0.2, 0.25) is 0 Å². The molecule has 2 fully saturated rings. The van der Waals surface area contributed by atoms with E-state index in [9.17, 15) is 35.4 Å². The number of aliphatic hydroxyl groups excluding tert-OH is 6.